The number of nitrogens with zero attached hydrogens (tertiary/aromatic N) is 2. The van der Waals surface area contributed by atoms with E-state index in [1.165, 1.54) is 25.9 Å². The van der Waals surface area contributed by atoms with Gasteiger partial charge in [0.1, 0.15) is 0 Å². The van der Waals surface area contributed by atoms with E-state index in [1.54, 1.807) is 0 Å². The van der Waals surface area contributed by atoms with Gasteiger partial charge < -0.3 is 15.4 Å². The van der Waals surface area contributed by atoms with Crippen LogP contribution in [0.15, 0.2) is 0 Å². The summed E-state index contributed by atoms with van der Waals surface area (Å²) in [6.07, 6.45) is 2.63. The number of ether oxygens (including phenoxy) is 1. The van der Waals surface area contributed by atoms with Crippen LogP contribution in [0.25, 0.3) is 0 Å². The fourth-order valence-electron chi connectivity index (χ4n) is 3.53. The van der Waals surface area contributed by atoms with E-state index in [4.69, 9.17) is 10.5 Å². The standard InChI is InChI=1S/C13H27N3O/c1-3-17-9-8-15(2)13(10-14)11-16-6-4-12(13)5-7-16/h12H,3-11,14H2,1-2H3. The minimum atomic E-state index is 0.202. The van der Waals surface area contributed by atoms with Crippen LogP contribution in [0.1, 0.15) is 19.8 Å². The Morgan fingerprint density at radius 2 is 2.12 bits per heavy atom. The monoisotopic (exact) mass is 241 g/mol. The number of piperidine rings is 3. The normalized spacial score (nSPS) is 36.7. The zero-order valence-electron chi connectivity index (χ0n) is 11.3. The molecule has 0 amide bonds. The molecule has 1 unspecified atom stereocenters. The Morgan fingerprint density at radius 1 is 1.41 bits per heavy atom. The van der Waals surface area contributed by atoms with Gasteiger partial charge in [0.05, 0.1) is 6.61 Å². The molecule has 3 aliphatic heterocycles. The quantitative estimate of drug-likeness (QED) is 0.683. The Bertz CT molecular complexity index is 241. The van der Waals surface area contributed by atoms with Crippen LogP contribution in [0.5, 0.6) is 0 Å². The highest BCUT2D eigenvalue weighted by atomic mass is 16.5. The van der Waals surface area contributed by atoms with E-state index in [-0.39, 0.29) is 5.54 Å². The lowest BCUT2D eigenvalue weighted by Crippen LogP contribution is -2.69. The lowest BCUT2D eigenvalue weighted by atomic mass is 9.72. The van der Waals surface area contributed by atoms with E-state index < -0.39 is 0 Å². The van der Waals surface area contributed by atoms with Crippen molar-refractivity contribution in [3.63, 3.8) is 0 Å². The van der Waals surface area contributed by atoms with E-state index in [0.29, 0.717) is 0 Å². The summed E-state index contributed by atoms with van der Waals surface area (Å²) in [4.78, 5) is 5.03. The van der Waals surface area contributed by atoms with Crippen LogP contribution in [-0.4, -0.2) is 68.3 Å². The second kappa shape index (κ2) is 5.65. The maximum atomic E-state index is 6.12. The van der Waals surface area contributed by atoms with Crippen molar-refractivity contribution in [2.45, 2.75) is 25.3 Å². The Labute approximate surface area is 105 Å². The third-order valence-corrected chi connectivity index (χ3v) is 4.73. The Morgan fingerprint density at radius 3 is 2.59 bits per heavy atom. The number of hydrogen-bond acceptors (Lipinski definition) is 4. The molecule has 0 aromatic carbocycles. The first-order valence-electron chi connectivity index (χ1n) is 6.94. The number of hydrogen-bond donors (Lipinski definition) is 1. The molecular formula is C13H27N3O. The van der Waals surface area contributed by atoms with Crippen molar-refractivity contribution in [1.29, 1.82) is 0 Å². The highest BCUT2D eigenvalue weighted by Gasteiger charge is 2.47. The van der Waals surface area contributed by atoms with Gasteiger partial charge in [0.15, 0.2) is 0 Å². The Hall–Kier alpha value is -0.160. The topological polar surface area (TPSA) is 41.7 Å². The van der Waals surface area contributed by atoms with Gasteiger partial charge in [-0.15, -0.1) is 0 Å². The summed E-state index contributed by atoms with van der Waals surface area (Å²) >= 11 is 0. The van der Waals surface area contributed by atoms with E-state index in [0.717, 1.165) is 38.8 Å². The molecule has 4 nitrogen and oxygen atoms in total. The predicted octanol–water partition coefficient (Wildman–Crippen LogP) is 0.378. The van der Waals surface area contributed by atoms with E-state index >= 15 is 0 Å². The summed E-state index contributed by atoms with van der Waals surface area (Å²) in [6, 6.07) is 0. The lowest BCUT2D eigenvalue weighted by molar-refractivity contribution is -0.0631. The maximum absolute atomic E-state index is 6.12. The summed E-state index contributed by atoms with van der Waals surface area (Å²) in [5, 5.41) is 0. The zero-order valence-corrected chi connectivity index (χ0v) is 11.3. The maximum Gasteiger partial charge on any atom is 0.0593 e. The number of fused-ring (bicyclic) bond motifs is 3. The second-order valence-corrected chi connectivity index (χ2v) is 5.48. The van der Waals surface area contributed by atoms with Crippen molar-refractivity contribution < 1.29 is 4.74 Å². The van der Waals surface area contributed by atoms with E-state index in [9.17, 15) is 0 Å². The molecule has 1 atom stereocenters. The first kappa shape index (κ1) is 13.3. The van der Waals surface area contributed by atoms with Gasteiger partial charge in [0.25, 0.3) is 0 Å². The fraction of sp³-hybridized carbons (Fsp3) is 1.00. The molecule has 3 saturated heterocycles. The molecule has 2 bridgehead atoms. The lowest BCUT2D eigenvalue weighted by Gasteiger charge is -2.57. The molecule has 17 heavy (non-hydrogen) atoms. The minimum absolute atomic E-state index is 0.202. The van der Waals surface area contributed by atoms with E-state index in [2.05, 4.69) is 16.8 Å². The molecule has 0 aromatic rings. The van der Waals surface area contributed by atoms with Crippen molar-refractivity contribution in [2.24, 2.45) is 11.7 Å². The third kappa shape index (κ3) is 2.50. The summed E-state index contributed by atoms with van der Waals surface area (Å²) in [7, 11) is 2.22. The van der Waals surface area contributed by atoms with Gasteiger partial charge in [0.2, 0.25) is 0 Å². The molecule has 3 fully saturated rings. The molecule has 3 heterocycles. The molecule has 4 heteroatoms. The van der Waals surface area contributed by atoms with Crippen LogP contribution >= 0.6 is 0 Å². The molecule has 0 radical (unpaired) electrons. The first-order chi connectivity index (χ1) is 8.23. The predicted molar refractivity (Wildman–Crippen MR) is 70.1 cm³/mol. The zero-order chi connectivity index (χ0) is 12.3. The highest BCUT2D eigenvalue weighted by molar-refractivity contribution is 5.05. The van der Waals surface area contributed by atoms with Gasteiger partial charge in [0, 0.05) is 31.8 Å². The van der Waals surface area contributed by atoms with Crippen molar-refractivity contribution in [3.05, 3.63) is 0 Å². The van der Waals surface area contributed by atoms with Gasteiger partial charge in [-0.05, 0) is 45.8 Å². The van der Waals surface area contributed by atoms with Crippen LogP contribution in [0.3, 0.4) is 0 Å². The average molecular weight is 241 g/mol. The highest BCUT2D eigenvalue weighted by Crippen LogP contribution is 2.38. The fourth-order valence-corrected chi connectivity index (χ4v) is 3.53. The number of rotatable bonds is 6. The Kier molecular flexibility index (Phi) is 4.42. The van der Waals surface area contributed by atoms with Crippen LogP contribution in [0, 0.1) is 5.92 Å². The molecule has 0 saturated carbocycles. The van der Waals surface area contributed by atoms with Gasteiger partial charge in [-0.3, -0.25) is 4.90 Å². The SMILES string of the molecule is CCOCCN(C)C1(CN)CN2CCC1CC2. The van der Waals surface area contributed by atoms with Crippen LogP contribution in [-0.2, 0) is 4.74 Å². The second-order valence-electron chi connectivity index (χ2n) is 5.48. The molecule has 3 aliphatic rings. The summed E-state index contributed by atoms with van der Waals surface area (Å²) in [5.74, 6) is 0.782. The third-order valence-electron chi connectivity index (χ3n) is 4.73. The molecule has 0 aromatic heterocycles. The largest absolute Gasteiger partial charge is 0.380 e. The van der Waals surface area contributed by atoms with Gasteiger partial charge in [-0.25, -0.2) is 0 Å². The van der Waals surface area contributed by atoms with Crippen molar-refractivity contribution in [2.75, 3.05) is 53.0 Å². The van der Waals surface area contributed by atoms with Crippen molar-refractivity contribution in [3.8, 4) is 0 Å². The molecule has 0 spiro atoms. The summed E-state index contributed by atoms with van der Waals surface area (Å²) in [5.41, 5.74) is 6.32. The van der Waals surface area contributed by atoms with Crippen molar-refractivity contribution in [1.82, 2.24) is 9.80 Å². The summed E-state index contributed by atoms with van der Waals surface area (Å²) < 4.78 is 5.47. The molecule has 100 valence electrons. The van der Waals surface area contributed by atoms with Gasteiger partial charge in [-0.2, -0.15) is 0 Å². The summed E-state index contributed by atoms with van der Waals surface area (Å²) in [6.45, 7) is 9.13. The molecule has 3 rings (SSSR count). The first-order valence-corrected chi connectivity index (χ1v) is 6.94. The molecule has 2 N–H and O–H groups in total. The molecular weight excluding hydrogens is 214 g/mol. The van der Waals surface area contributed by atoms with Crippen LogP contribution in [0.4, 0.5) is 0 Å². The van der Waals surface area contributed by atoms with Crippen molar-refractivity contribution >= 4 is 0 Å². The molecule has 0 aliphatic carbocycles. The van der Waals surface area contributed by atoms with Crippen LogP contribution in [0.2, 0.25) is 0 Å². The van der Waals surface area contributed by atoms with Gasteiger partial charge >= 0.3 is 0 Å². The van der Waals surface area contributed by atoms with Crippen LogP contribution < -0.4 is 5.73 Å². The number of likely N-dealkylation sites (N-methyl/N-ethyl adjacent to an activating group) is 1. The minimum Gasteiger partial charge on any atom is -0.380 e. The Balaban J connectivity index is 1.98. The number of nitrogens with two attached hydrogens (primary N) is 1. The average Bonchev–Trinajstić information content (AvgIpc) is 2.39. The smallest absolute Gasteiger partial charge is 0.0593 e. The van der Waals surface area contributed by atoms with Gasteiger partial charge in [-0.1, -0.05) is 0 Å². The van der Waals surface area contributed by atoms with E-state index in [1.807, 2.05) is 6.92 Å².